The quantitative estimate of drug-likeness (QED) is 0.891. The lowest BCUT2D eigenvalue weighted by Crippen LogP contribution is -2.45. The molecule has 1 aromatic heterocycles. The van der Waals surface area contributed by atoms with Crippen LogP contribution in [0.2, 0.25) is 4.34 Å². The maximum absolute atomic E-state index is 12.1. The Hall–Kier alpha value is -0.290. The highest BCUT2D eigenvalue weighted by Gasteiger charge is 2.24. The van der Waals surface area contributed by atoms with Crippen molar-refractivity contribution in [1.82, 2.24) is 5.32 Å². The molecule has 1 aliphatic carbocycles. The Bertz CT molecular complexity index is 405. The van der Waals surface area contributed by atoms with Crippen LogP contribution in [0.1, 0.15) is 41.8 Å². The van der Waals surface area contributed by atoms with E-state index in [-0.39, 0.29) is 24.4 Å². The van der Waals surface area contributed by atoms with E-state index in [2.05, 4.69) is 5.32 Å². The molecule has 6 heteroatoms. The van der Waals surface area contributed by atoms with Gasteiger partial charge in [-0.05, 0) is 30.9 Å². The second kappa shape index (κ2) is 8.10. The van der Waals surface area contributed by atoms with Crippen LogP contribution in [0, 0.1) is 5.92 Å². The second-order valence-electron chi connectivity index (χ2n) is 4.82. The first kappa shape index (κ1) is 16.8. The van der Waals surface area contributed by atoms with Crippen molar-refractivity contribution in [2.75, 3.05) is 6.54 Å². The highest BCUT2D eigenvalue weighted by atomic mass is 35.5. The fraction of sp³-hybridized carbons (Fsp3) is 0.615. The van der Waals surface area contributed by atoms with Crippen LogP contribution in [0.15, 0.2) is 12.1 Å². The minimum Gasteiger partial charge on any atom is -0.347 e. The Labute approximate surface area is 129 Å². The summed E-state index contributed by atoms with van der Waals surface area (Å²) >= 11 is 7.14. The minimum absolute atomic E-state index is 0. The number of nitrogens with two attached hydrogens (primary N) is 1. The number of hydrogen-bond donors (Lipinski definition) is 2. The van der Waals surface area contributed by atoms with Crippen molar-refractivity contribution in [3.8, 4) is 0 Å². The highest BCUT2D eigenvalue weighted by Crippen LogP contribution is 2.27. The molecular weight excluding hydrogens is 303 g/mol. The Balaban J connectivity index is 0.00000180. The number of hydrogen-bond acceptors (Lipinski definition) is 3. The van der Waals surface area contributed by atoms with E-state index in [0.717, 1.165) is 0 Å². The van der Waals surface area contributed by atoms with E-state index in [1.807, 2.05) is 0 Å². The van der Waals surface area contributed by atoms with Gasteiger partial charge in [-0.1, -0.05) is 30.9 Å². The molecule has 1 amide bonds. The van der Waals surface area contributed by atoms with Gasteiger partial charge in [0.15, 0.2) is 0 Å². The van der Waals surface area contributed by atoms with E-state index < -0.39 is 0 Å². The van der Waals surface area contributed by atoms with E-state index >= 15 is 0 Å². The molecule has 1 fully saturated rings. The first-order valence-corrected chi connectivity index (χ1v) is 7.66. The van der Waals surface area contributed by atoms with Crippen LogP contribution < -0.4 is 11.1 Å². The van der Waals surface area contributed by atoms with Crippen LogP contribution in [-0.4, -0.2) is 18.5 Å². The molecule has 0 radical (unpaired) electrons. The number of carbonyl (C=O) groups is 1. The topological polar surface area (TPSA) is 55.1 Å². The third kappa shape index (κ3) is 4.63. The number of halogens is 2. The molecule has 0 bridgehead atoms. The zero-order valence-corrected chi connectivity index (χ0v) is 13.1. The molecule has 19 heavy (non-hydrogen) atoms. The molecule has 108 valence electrons. The van der Waals surface area contributed by atoms with Crippen LogP contribution in [-0.2, 0) is 0 Å². The summed E-state index contributed by atoms with van der Waals surface area (Å²) in [7, 11) is 0. The molecule has 0 aromatic carbocycles. The standard InChI is InChI=1S/C13H19ClN2OS.ClH/c14-12-7-6-11(18-12)13(17)16-10(8-15)9-4-2-1-3-5-9;/h6-7,9-10H,1-5,8,15H2,(H,16,17);1H. The van der Waals surface area contributed by atoms with Gasteiger partial charge in [-0.3, -0.25) is 4.79 Å². The molecule has 1 unspecified atom stereocenters. The molecule has 1 atom stereocenters. The van der Waals surface area contributed by atoms with Gasteiger partial charge in [0.2, 0.25) is 0 Å². The molecule has 0 aliphatic heterocycles. The van der Waals surface area contributed by atoms with Gasteiger partial charge < -0.3 is 11.1 Å². The predicted molar refractivity (Wildman–Crippen MR) is 83.5 cm³/mol. The van der Waals surface area contributed by atoms with E-state index in [4.69, 9.17) is 17.3 Å². The molecule has 2 rings (SSSR count). The van der Waals surface area contributed by atoms with Gasteiger partial charge >= 0.3 is 0 Å². The molecule has 1 aliphatic rings. The second-order valence-corrected chi connectivity index (χ2v) is 6.53. The van der Waals surface area contributed by atoms with Crippen molar-refractivity contribution in [3.63, 3.8) is 0 Å². The lowest BCUT2D eigenvalue weighted by molar-refractivity contribution is 0.0919. The van der Waals surface area contributed by atoms with Crippen LogP contribution >= 0.6 is 35.3 Å². The number of thiophene rings is 1. The van der Waals surface area contributed by atoms with Gasteiger partial charge in [-0.2, -0.15) is 0 Å². The average Bonchev–Trinajstić information content (AvgIpc) is 2.83. The summed E-state index contributed by atoms with van der Waals surface area (Å²) in [6, 6.07) is 3.61. The highest BCUT2D eigenvalue weighted by molar-refractivity contribution is 7.17. The Morgan fingerprint density at radius 3 is 2.63 bits per heavy atom. The van der Waals surface area contributed by atoms with Crippen LogP contribution in [0.3, 0.4) is 0 Å². The number of rotatable bonds is 4. The van der Waals surface area contributed by atoms with E-state index in [1.165, 1.54) is 43.4 Å². The van der Waals surface area contributed by atoms with Gasteiger partial charge in [-0.25, -0.2) is 0 Å². The van der Waals surface area contributed by atoms with Crippen molar-refractivity contribution >= 4 is 41.3 Å². The first-order chi connectivity index (χ1) is 8.70. The summed E-state index contributed by atoms with van der Waals surface area (Å²) < 4.78 is 0.641. The van der Waals surface area contributed by atoms with Gasteiger partial charge in [0.1, 0.15) is 0 Å². The minimum atomic E-state index is -0.0482. The fourth-order valence-corrected chi connectivity index (χ4v) is 3.53. The summed E-state index contributed by atoms with van der Waals surface area (Å²) in [5, 5.41) is 3.05. The Morgan fingerprint density at radius 2 is 2.11 bits per heavy atom. The molecule has 1 aromatic rings. The summed E-state index contributed by atoms with van der Waals surface area (Å²) in [5.74, 6) is 0.482. The van der Waals surface area contributed by atoms with E-state index in [0.29, 0.717) is 21.7 Å². The maximum Gasteiger partial charge on any atom is 0.261 e. The molecule has 0 saturated heterocycles. The lowest BCUT2D eigenvalue weighted by Gasteiger charge is -2.29. The van der Waals surface area contributed by atoms with Crippen molar-refractivity contribution in [3.05, 3.63) is 21.3 Å². The third-order valence-electron chi connectivity index (χ3n) is 3.59. The van der Waals surface area contributed by atoms with Crippen LogP contribution in [0.25, 0.3) is 0 Å². The Kier molecular flexibility index (Phi) is 7.15. The summed E-state index contributed by atoms with van der Waals surface area (Å²) in [6.07, 6.45) is 6.16. The maximum atomic E-state index is 12.1. The van der Waals surface area contributed by atoms with Crippen molar-refractivity contribution < 1.29 is 4.79 Å². The molecule has 3 N–H and O–H groups in total. The van der Waals surface area contributed by atoms with Gasteiger partial charge in [0.25, 0.3) is 5.91 Å². The predicted octanol–water partition coefficient (Wildman–Crippen LogP) is 3.46. The molecule has 3 nitrogen and oxygen atoms in total. The third-order valence-corrected chi connectivity index (χ3v) is 4.82. The number of amides is 1. The zero-order chi connectivity index (χ0) is 13.0. The van der Waals surface area contributed by atoms with Crippen LogP contribution in [0.5, 0.6) is 0 Å². The summed E-state index contributed by atoms with van der Waals surface area (Å²) in [4.78, 5) is 12.7. The van der Waals surface area contributed by atoms with Gasteiger partial charge in [0.05, 0.1) is 9.21 Å². The number of nitrogens with one attached hydrogen (secondary N) is 1. The van der Waals surface area contributed by atoms with Gasteiger partial charge in [0, 0.05) is 12.6 Å². The normalized spacial score (nSPS) is 17.6. The summed E-state index contributed by atoms with van der Waals surface area (Å²) in [6.45, 7) is 0.509. The van der Waals surface area contributed by atoms with E-state index in [9.17, 15) is 4.79 Å². The van der Waals surface area contributed by atoms with Crippen molar-refractivity contribution in [2.24, 2.45) is 11.7 Å². The van der Waals surface area contributed by atoms with Gasteiger partial charge in [-0.15, -0.1) is 23.7 Å². The molecule has 0 spiro atoms. The first-order valence-electron chi connectivity index (χ1n) is 6.47. The lowest BCUT2D eigenvalue weighted by atomic mass is 9.84. The molecular formula is C13H20Cl2N2OS. The molecule has 1 heterocycles. The largest absolute Gasteiger partial charge is 0.347 e. The Morgan fingerprint density at radius 1 is 1.42 bits per heavy atom. The SMILES string of the molecule is Cl.NCC(NC(=O)c1ccc(Cl)s1)C1CCCCC1. The molecule has 1 saturated carbocycles. The monoisotopic (exact) mass is 322 g/mol. The number of carbonyl (C=O) groups excluding carboxylic acids is 1. The smallest absolute Gasteiger partial charge is 0.261 e. The fourth-order valence-electron chi connectivity index (χ4n) is 2.58. The average molecular weight is 323 g/mol. The summed E-state index contributed by atoms with van der Waals surface area (Å²) in [5.41, 5.74) is 5.80. The van der Waals surface area contributed by atoms with Crippen molar-refractivity contribution in [2.45, 2.75) is 38.1 Å². The van der Waals surface area contributed by atoms with E-state index in [1.54, 1.807) is 12.1 Å². The zero-order valence-electron chi connectivity index (χ0n) is 10.7. The van der Waals surface area contributed by atoms with Crippen LogP contribution in [0.4, 0.5) is 0 Å². The van der Waals surface area contributed by atoms with Crippen molar-refractivity contribution in [1.29, 1.82) is 0 Å².